The summed E-state index contributed by atoms with van der Waals surface area (Å²) in [7, 11) is 3.22. The predicted octanol–water partition coefficient (Wildman–Crippen LogP) is 1.86. The molecule has 0 fully saturated rings. The highest BCUT2D eigenvalue weighted by molar-refractivity contribution is 5.65. The molecule has 0 spiro atoms. The number of hydrogen-bond acceptors (Lipinski definition) is 5. The van der Waals surface area contributed by atoms with Crippen LogP contribution in [0.5, 0.6) is 11.5 Å². The normalized spacial score (nSPS) is 10.4. The number of nitrogens with two attached hydrogens (primary N) is 1. The zero-order valence-electron chi connectivity index (χ0n) is 10.5. The predicted molar refractivity (Wildman–Crippen MR) is 67.8 cm³/mol. The van der Waals surface area contributed by atoms with Crippen LogP contribution >= 0.6 is 0 Å². The van der Waals surface area contributed by atoms with Crippen molar-refractivity contribution in [3.63, 3.8) is 0 Å². The van der Waals surface area contributed by atoms with Gasteiger partial charge in [0.2, 0.25) is 5.89 Å². The molecule has 2 aromatic rings. The Balaban J connectivity index is 2.40. The van der Waals surface area contributed by atoms with Crippen molar-refractivity contribution in [1.82, 2.24) is 4.98 Å². The summed E-state index contributed by atoms with van der Waals surface area (Å²) in [5.74, 6) is 1.93. The van der Waals surface area contributed by atoms with E-state index in [1.54, 1.807) is 20.5 Å². The van der Waals surface area contributed by atoms with E-state index in [0.29, 0.717) is 24.6 Å². The maximum Gasteiger partial charge on any atom is 0.230 e. The van der Waals surface area contributed by atoms with Gasteiger partial charge in [0.05, 0.1) is 25.5 Å². The minimum atomic E-state index is 0.509. The van der Waals surface area contributed by atoms with Crippen LogP contribution in [0.25, 0.3) is 11.5 Å². The first kappa shape index (κ1) is 12.4. The number of aromatic nitrogens is 1. The minimum absolute atomic E-state index is 0.509. The Morgan fingerprint density at radius 3 is 2.78 bits per heavy atom. The maximum absolute atomic E-state index is 5.48. The van der Waals surface area contributed by atoms with E-state index in [-0.39, 0.29) is 0 Å². The van der Waals surface area contributed by atoms with Crippen LogP contribution in [0.3, 0.4) is 0 Å². The summed E-state index contributed by atoms with van der Waals surface area (Å²) in [5, 5.41) is 0. The number of nitrogens with zero attached hydrogens (tertiary/aromatic N) is 1. The van der Waals surface area contributed by atoms with E-state index in [1.165, 1.54) is 0 Å². The highest BCUT2D eigenvalue weighted by Gasteiger charge is 2.13. The van der Waals surface area contributed by atoms with Gasteiger partial charge in [-0.25, -0.2) is 4.98 Å². The molecule has 0 atom stereocenters. The third-order valence-electron chi connectivity index (χ3n) is 2.59. The van der Waals surface area contributed by atoms with Crippen molar-refractivity contribution >= 4 is 0 Å². The highest BCUT2D eigenvalue weighted by Crippen LogP contribution is 2.32. The van der Waals surface area contributed by atoms with Gasteiger partial charge in [0.25, 0.3) is 0 Å². The lowest BCUT2D eigenvalue weighted by molar-refractivity contribution is 0.403. The Morgan fingerprint density at radius 1 is 1.28 bits per heavy atom. The van der Waals surface area contributed by atoms with Crippen LogP contribution in [0.4, 0.5) is 0 Å². The Morgan fingerprint density at radius 2 is 2.11 bits per heavy atom. The van der Waals surface area contributed by atoms with E-state index >= 15 is 0 Å². The molecule has 0 bridgehead atoms. The van der Waals surface area contributed by atoms with E-state index in [9.17, 15) is 0 Å². The van der Waals surface area contributed by atoms with Crippen LogP contribution in [0, 0.1) is 0 Å². The Bertz CT molecular complexity index is 523. The Labute approximate surface area is 106 Å². The second-order valence-electron chi connectivity index (χ2n) is 3.75. The summed E-state index contributed by atoms with van der Waals surface area (Å²) in [6, 6.07) is 5.48. The molecule has 1 aromatic heterocycles. The summed E-state index contributed by atoms with van der Waals surface area (Å²) < 4.78 is 15.9. The number of hydrogen-bond donors (Lipinski definition) is 1. The summed E-state index contributed by atoms with van der Waals surface area (Å²) in [4.78, 5) is 4.37. The first-order valence-electron chi connectivity index (χ1n) is 5.65. The Hall–Kier alpha value is -2.01. The lowest BCUT2D eigenvalue weighted by atomic mass is 10.2. The fourth-order valence-corrected chi connectivity index (χ4v) is 1.67. The van der Waals surface area contributed by atoms with Gasteiger partial charge in [-0.1, -0.05) is 0 Å². The van der Waals surface area contributed by atoms with Crippen LogP contribution in [0.2, 0.25) is 0 Å². The molecule has 2 rings (SSSR count). The minimum Gasteiger partial charge on any atom is -0.497 e. The van der Waals surface area contributed by atoms with Gasteiger partial charge in [0.1, 0.15) is 17.8 Å². The standard InChI is InChI=1S/C13H16N2O3/c1-16-10-3-4-12(17-2)11(7-10)13-15-9(5-6-14)8-18-13/h3-4,7-8H,5-6,14H2,1-2H3. The molecule has 0 saturated heterocycles. The molecule has 5 nitrogen and oxygen atoms in total. The second kappa shape index (κ2) is 5.55. The van der Waals surface area contributed by atoms with Gasteiger partial charge >= 0.3 is 0 Å². The summed E-state index contributed by atoms with van der Waals surface area (Å²) in [6.45, 7) is 0.543. The van der Waals surface area contributed by atoms with Crippen LogP contribution in [-0.4, -0.2) is 25.7 Å². The van der Waals surface area contributed by atoms with E-state index in [0.717, 1.165) is 17.0 Å². The average Bonchev–Trinajstić information content (AvgIpc) is 2.87. The van der Waals surface area contributed by atoms with E-state index in [2.05, 4.69) is 4.98 Å². The molecule has 1 heterocycles. The lowest BCUT2D eigenvalue weighted by Gasteiger charge is -2.07. The van der Waals surface area contributed by atoms with Crippen molar-refractivity contribution in [2.45, 2.75) is 6.42 Å². The van der Waals surface area contributed by atoms with E-state index < -0.39 is 0 Å². The van der Waals surface area contributed by atoms with Crippen molar-refractivity contribution in [2.75, 3.05) is 20.8 Å². The van der Waals surface area contributed by atoms with Gasteiger partial charge in [0.15, 0.2) is 0 Å². The molecule has 5 heteroatoms. The van der Waals surface area contributed by atoms with Crippen LogP contribution in [0.15, 0.2) is 28.9 Å². The molecular formula is C13H16N2O3. The van der Waals surface area contributed by atoms with Gasteiger partial charge in [-0.15, -0.1) is 0 Å². The Kier molecular flexibility index (Phi) is 3.84. The third-order valence-corrected chi connectivity index (χ3v) is 2.59. The van der Waals surface area contributed by atoms with Gasteiger partial charge in [-0.3, -0.25) is 0 Å². The number of methoxy groups -OCH3 is 2. The number of oxazole rings is 1. The van der Waals surface area contributed by atoms with Gasteiger partial charge in [0, 0.05) is 6.42 Å². The molecule has 0 amide bonds. The molecule has 0 aliphatic heterocycles. The zero-order chi connectivity index (χ0) is 13.0. The topological polar surface area (TPSA) is 70.5 Å². The summed E-state index contributed by atoms with van der Waals surface area (Å²) in [6.07, 6.45) is 2.30. The third kappa shape index (κ3) is 2.46. The molecule has 0 unspecified atom stereocenters. The fourth-order valence-electron chi connectivity index (χ4n) is 1.67. The molecule has 96 valence electrons. The van der Waals surface area contributed by atoms with Crippen molar-refractivity contribution in [3.8, 4) is 23.0 Å². The van der Waals surface area contributed by atoms with E-state index in [1.807, 2.05) is 18.2 Å². The molecule has 0 saturated carbocycles. The van der Waals surface area contributed by atoms with Crippen LogP contribution in [-0.2, 0) is 6.42 Å². The van der Waals surface area contributed by atoms with Gasteiger partial charge < -0.3 is 19.6 Å². The first-order chi connectivity index (χ1) is 8.78. The molecule has 1 aromatic carbocycles. The molecule has 2 N–H and O–H groups in total. The average molecular weight is 248 g/mol. The summed E-state index contributed by atoms with van der Waals surface area (Å²) >= 11 is 0. The van der Waals surface area contributed by atoms with Crippen LogP contribution < -0.4 is 15.2 Å². The van der Waals surface area contributed by atoms with Gasteiger partial charge in [-0.2, -0.15) is 0 Å². The van der Waals surface area contributed by atoms with Gasteiger partial charge in [-0.05, 0) is 24.7 Å². The highest BCUT2D eigenvalue weighted by atomic mass is 16.5. The zero-order valence-corrected chi connectivity index (χ0v) is 10.5. The quantitative estimate of drug-likeness (QED) is 0.874. The molecule has 0 aliphatic rings. The van der Waals surface area contributed by atoms with Crippen molar-refractivity contribution in [2.24, 2.45) is 5.73 Å². The smallest absolute Gasteiger partial charge is 0.230 e. The number of benzene rings is 1. The van der Waals surface area contributed by atoms with Crippen molar-refractivity contribution < 1.29 is 13.9 Å². The largest absolute Gasteiger partial charge is 0.497 e. The molecule has 0 aliphatic carbocycles. The SMILES string of the molecule is COc1ccc(OC)c(-c2nc(CCN)co2)c1. The lowest BCUT2D eigenvalue weighted by Crippen LogP contribution is -2.02. The number of ether oxygens (including phenoxy) is 2. The fraction of sp³-hybridized carbons (Fsp3) is 0.308. The molecule has 18 heavy (non-hydrogen) atoms. The monoisotopic (exact) mass is 248 g/mol. The maximum atomic E-state index is 5.48. The molecule has 0 radical (unpaired) electrons. The first-order valence-corrected chi connectivity index (χ1v) is 5.65. The second-order valence-corrected chi connectivity index (χ2v) is 3.75. The van der Waals surface area contributed by atoms with Crippen LogP contribution in [0.1, 0.15) is 5.69 Å². The summed E-state index contributed by atoms with van der Waals surface area (Å²) in [5.41, 5.74) is 7.08. The van der Waals surface area contributed by atoms with Crippen molar-refractivity contribution in [1.29, 1.82) is 0 Å². The molecular weight excluding hydrogens is 232 g/mol. The van der Waals surface area contributed by atoms with Crippen molar-refractivity contribution in [3.05, 3.63) is 30.2 Å². The van der Waals surface area contributed by atoms with E-state index in [4.69, 9.17) is 19.6 Å². The number of rotatable bonds is 5.